The quantitative estimate of drug-likeness (QED) is 0.635. The maximum Gasteiger partial charge on any atom is 0.270 e. The molecule has 27 heavy (non-hydrogen) atoms. The molecule has 0 spiro atoms. The van der Waals surface area contributed by atoms with Crippen molar-refractivity contribution in [3.63, 3.8) is 0 Å². The molecular formula is C20H16F2N4O. The van der Waals surface area contributed by atoms with Gasteiger partial charge < -0.3 is 4.42 Å². The second kappa shape index (κ2) is 5.22. The summed E-state index contributed by atoms with van der Waals surface area (Å²) in [5, 5.41) is 4.57. The van der Waals surface area contributed by atoms with Gasteiger partial charge in [0.05, 0.1) is 6.26 Å². The third-order valence-corrected chi connectivity index (χ3v) is 5.30. The maximum atomic E-state index is 13.5. The van der Waals surface area contributed by atoms with Gasteiger partial charge in [0.25, 0.3) is 5.92 Å². The molecule has 0 amide bonds. The van der Waals surface area contributed by atoms with E-state index in [1.807, 2.05) is 6.08 Å². The first-order valence-corrected chi connectivity index (χ1v) is 8.62. The molecule has 0 bridgehead atoms. The first kappa shape index (κ1) is 16.1. The van der Waals surface area contributed by atoms with Crippen molar-refractivity contribution in [2.75, 3.05) is 0 Å². The minimum absolute atomic E-state index is 0.00478. The highest BCUT2D eigenvalue weighted by Crippen LogP contribution is 2.60. The molecule has 1 aliphatic heterocycles. The number of aliphatic imine (C=N–C) groups is 1. The van der Waals surface area contributed by atoms with Crippen LogP contribution in [0.15, 0.2) is 52.1 Å². The summed E-state index contributed by atoms with van der Waals surface area (Å²) < 4.78 is 34.2. The number of fused-ring (bicyclic) bond motifs is 3. The molecule has 1 aliphatic carbocycles. The van der Waals surface area contributed by atoms with Crippen molar-refractivity contribution in [2.24, 2.45) is 10.9 Å². The normalized spacial score (nSPS) is 23.4. The Morgan fingerprint density at radius 2 is 2.07 bits per heavy atom. The Bertz CT molecular complexity index is 1060. The zero-order valence-electron chi connectivity index (χ0n) is 14.6. The fourth-order valence-corrected chi connectivity index (χ4v) is 3.77. The van der Waals surface area contributed by atoms with Crippen LogP contribution in [0, 0.1) is 5.92 Å². The molecule has 5 rings (SSSR count). The average molecular weight is 366 g/mol. The Kier molecular flexibility index (Phi) is 3.11. The summed E-state index contributed by atoms with van der Waals surface area (Å²) >= 11 is 0. The molecule has 0 radical (unpaired) electrons. The molecule has 2 unspecified atom stereocenters. The Morgan fingerprint density at radius 1 is 1.30 bits per heavy atom. The highest BCUT2D eigenvalue weighted by atomic mass is 19.3. The number of aromatic nitrogens is 3. The number of benzene rings is 1. The smallest absolute Gasteiger partial charge is 0.270 e. The molecule has 1 fully saturated rings. The van der Waals surface area contributed by atoms with E-state index >= 15 is 0 Å². The van der Waals surface area contributed by atoms with E-state index in [0.717, 1.165) is 24.5 Å². The zero-order valence-corrected chi connectivity index (χ0v) is 14.6. The lowest BCUT2D eigenvalue weighted by Gasteiger charge is -2.21. The van der Waals surface area contributed by atoms with Gasteiger partial charge in [0.1, 0.15) is 0 Å². The number of furan rings is 1. The van der Waals surface area contributed by atoms with Crippen molar-refractivity contribution >= 4 is 18.4 Å². The van der Waals surface area contributed by atoms with Gasteiger partial charge in [-0.25, -0.2) is 18.4 Å². The molecule has 3 aromatic rings. The number of alkyl halides is 2. The largest absolute Gasteiger partial charge is 0.461 e. The molecule has 2 aromatic heterocycles. The van der Waals surface area contributed by atoms with Crippen LogP contribution in [0.2, 0.25) is 0 Å². The number of hydrogen-bond donors (Lipinski definition) is 0. The second-order valence-electron chi connectivity index (χ2n) is 7.04. The average Bonchev–Trinajstić information content (AvgIpc) is 2.99. The predicted molar refractivity (Wildman–Crippen MR) is 97.2 cm³/mol. The van der Waals surface area contributed by atoms with Crippen LogP contribution in [0.4, 0.5) is 8.78 Å². The lowest BCUT2D eigenvalue weighted by atomic mass is 9.96. The van der Waals surface area contributed by atoms with E-state index in [9.17, 15) is 8.78 Å². The molecule has 2 aliphatic rings. The van der Waals surface area contributed by atoms with Crippen LogP contribution < -0.4 is 0 Å². The topological polar surface area (TPSA) is 56.2 Å². The molecule has 1 saturated carbocycles. The van der Waals surface area contributed by atoms with E-state index in [0.29, 0.717) is 17.4 Å². The minimum Gasteiger partial charge on any atom is -0.461 e. The van der Waals surface area contributed by atoms with Crippen molar-refractivity contribution in [3.05, 3.63) is 59.6 Å². The van der Waals surface area contributed by atoms with E-state index in [-0.39, 0.29) is 11.5 Å². The van der Waals surface area contributed by atoms with Crippen molar-refractivity contribution < 1.29 is 13.2 Å². The molecule has 2 atom stereocenters. The molecular weight excluding hydrogens is 350 g/mol. The molecule has 5 nitrogen and oxygen atoms in total. The summed E-state index contributed by atoms with van der Waals surface area (Å²) in [5.74, 6) is -1.03. The lowest BCUT2D eigenvalue weighted by Crippen LogP contribution is -2.23. The van der Waals surface area contributed by atoms with Crippen LogP contribution in [0.1, 0.15) is 30.3 Å². The zero-order chi connectivity index (χ0) is 18.8. The van der Waals surface area contributed by atoms with Crippen LogP contribution in [-0.2, 0) is 11.6 Å². The minimum atomic E-state index is -2.86. The number of nitrogens with zero attached hydrogens (tertiary/aromatic N) is 4. The maximum absolute atomic E-state index is 13.5. The molecule has 1 aromatic carbocycles. The third kappa shape index (κ3) is 2.31. The fourth-order valence-electron chi connectivity index (χ4n) is 3.77. The number of hydrogen-bond acceptors (Lipinski definition) is 4. The highest BCUT2D eigenvalue weighted by Gasteiger charge is 2.61. The van der Waals surface area contributed by atoms with Gasteiger partial charge in [-0.1, -0.05) is 24.3 Å². The summed E-state index contributed by atoms with van der Waals surface area (Å²) in [4.78, 5) is 8.91. The van der Waals surface area contributed by atoms with Crippen LogP contribution in [-0.4, -0.2) is 21.5 Å². The van der Waals surface area contributed by atoms with Gasteiger partial charge in [0.2, 0.25) is 5.82 Å². The van der Waals surface area contributed by atoms with E-state index in [2.05, 4.69) is 21.8 Å². The highest BCUT2D eigenvalue weighted by molar-refractivity contribution is 5.86. The Morgan fingerprint density at radius 3 is 2.70 bits per heavy atom. The Balaban J connectivity index is 1.59. The van der Waals surface area contributed by atoms with Gasteiger partial charge in [0, 0.05) is 24.8 Å². The summed E-state index contributed by atoms with van der Waals surface area (Å²) in [6.45, 7) is 4.65. The van der Waals surface area contributed by atoms with E-state index in [4.69, 9.17) is 4.42 Å². The van der Waals surface area contributed by atoms with Gasteiger partial charge >= 0.3 is 0 Å². The molecule has 0 saturated heterocycles. The number of halogens is 2. The SMILES string of the molecule is C=NC12CC1C(c1ccc(C(C)(F)F)cc1)=Cc1nc(-c3ccco3)nn12. The van der Waals surface area contributed by atoms with Gasteiger partial charge in [-0.15, -0.1) is 5.10 Å². The van der Waals surface area contributed by atoms with E-state index in [1.54, 1.807) is 35.2 Å². The predicted octanol–water partition coefficient (Wildman–Crippen LogP) is 4.58. The van der Waals surface area contributed by atoms with Gasteiger partial charge in [0.15, 0.2) is 17.2 Å². The van der Waals surface area contributed by atoms with Crippen molar-refractivity contribution in [3.8, 4) is 11.6 Å². The van der Waals surface area contributed by atoms with Gasteiger partial charge in [-0.3, -0.25) is 4.99 Å². The number of rotatable bonds is 4. The first-order chi connectivity index (χ1) is 12.9. The second-order valence-corrected chi connectivity index (χ2v) is 7.04. The van der Waals surface area contributed by atoms with Crippen LogP contribution in [0.5, 0.6) is 0 Å². The van der Waals surface area contributed by atoms with Gasteiger partial charge in [-0.2, -0.15) is 0 Å². The van der Waals surface area contributed by atoms with Crippen molar-refractivity contribution in [1.29, 1.82) is 0 Å². The van der Waals surface area contributed by atoms with Crippen LogP contribution in [0.3, 0.4) is 0 Å². The summed E-state index contributed by atoms with van der Waals surface area (Å²) in [7, 11) is 0. The first-order valence-electron chi connectivity index (χ1n) is 8.62. The van der Waals surface area contributed by atoms with Crippen molar-refractivity contribution in [2.45, 2.75) is 24.9 Å². The monoisotopic (exact) mass is 366 g/mol. The van der Waals surface area contributed by atoms with Crippen molar-refractivity contribution in [1.82, 2.24) is 14.8 Å². The Labute approximate surface area is 154 Å². The fraction of sp³-hybridized carbons (Fsp3) is 0.250. The van der Waals surface area contributed by atoms with E-state index in [1.165, 1.54) is 12.1 Å². The standard InChI is InChI=1S/C20H16F2N4O/c1-19(21,22)13-7-5-12(6-8-13)14-10-17-24-18(16-4-3-9-27-16)25-26(17)20(23-2)11-15(14)20/h3-10,15H,2,11H2,1H3. The van der Waals surface area contributed by atoms with Crippen LogP contribution in [0.25, 0.3) is 23.2 Å². The third-order valence-electron chi connectivity index (χ3n) is 5.30. The molecule has 7 heteroatoms. The molecule has 0 N–H and O–H groups in total. The Hall–Kier alpha value is -3.09. The van der Waals surface area contributed by atoms with E-state index < -0.39 is 11.6 Å². The molecule has 3 heterocycles. The summed E-state index contributed by atoms with van der Waals surface area (Å²) in [6, 6.07) is 9.97. The summed E-state index contributed by atoms with van der Waals surface area (Å²) in [5.41, 5.74) is 1.33. The summed E-state index contributed by atoms with van der Waals surface area (Å²) in [6.07, 6.45) is 4.27. The molecule has 136 valence electrons. The lowest BCUT2D eigenvalue weighted by molar-refractivity contribution is 0.0175. The van der Waals surface area contributed by atoms with Crippen LogP contribution >= 0.6 is 0 Å². The van der Waals surface area contributed by atoms with Gasteiger partial charge in [-0.05, 0) is 36.1 Å².